The zero-order valence-electron chi connectivity index (χ0n) is 13.5. The lowest BCUT2D eigenvalue weighted by Crippen LogP contribution is -2.12. The summed E-state index contributed by atoms with van der Waals surface area (Å²) in [7, 11) is 5.84. The van der Waals surface area contributed by atoms with Crippen molar-refractivity contribution in [2.45, 2.75) is 19.9 Å². The van der Waals surface area contributed by atoms with Crippen LogP contribution in [0.5, 0.6) is 5.75 Å². The number of para-hydroxylation sites is 1. The van der Waals surface area contributed by atoms with Crippen molar-refractivity contribution in [1.29, 1.82) is 0 Å². The molecule has 0 heterocycles. The molecule has 3 heteroatoms. The second-order valence-electron chi connectivity index (χ2n) is 5.50. The Kier molecular flexibility index (Phi) is 4.73. The number of hydrogen-bond acceptors (Lipinski definition) is 3. The number of aryl methyl sites for hydroxylation is 1. The molecular formula is C18H24N2O. The van der Waals surface area contributed by atoms with Gasteiger partial charge in [0.15, 0.2) is 0 Å². The maximum Gasteiger partial charge on any atom is 0.124 e. The Morgan fingerprint density at radius 1 is 1.10 bits per heavy atom. The molecule has 1 N–H and O–H groups in total. The van der Waals surface area contributed by atoms with Gasteiger partial charge in [0.25, 0.3) is 0 Å². The van der Waals surface area contributed by atoms with Gasteiger partial charge in [-0.05, 0) is 37.6 Å². The first-order chi connectivity index (χ1) is 10.0. The fourth-order valence-corrected chi connectivity index (χ4v) is 2.53. The number of nitrogens with zero attached hydrogens (tertiary/aromatic N) is 1. The molecule has 1 atom stereocenters. The van der Waals surface area contributed by atoms with E-state index >= 15 is 0 Å². The Morgan fingerprint density at radius 2 is 1.81 bits per heavy atom. The second kappa shape index (κ2) is 6.53. The van der Waals surface area contributed by atoms with Gasteiger partial charge in [-0.15, -0.1) is 0 Å². The lowest BCUT2D eigenvalue weighted by Gasteiger charge is -2.21. The van der Waals surface area contributed by atoms with Gasteiger partial charge in [-0.25, -0.2) is 0 Å². The monoisotopic (exact) mass is 284 g/mol. The predicted octanol–water partition coefficient (Wildman–Crippen LogP) is 4.24. The van der Waals surface area contributed by atoms with Crippen LogP contribution in [-0.4, -0.2) is 21.2 Å². The summed E-state index contributed by atoms with van der Waals surface area (Å²) in [5, 5.41) is 3.55. The standard InChI is InChI=1S/C18H24N2O/c1-13-10-11-15(12-17(13)20(3)4)19-14(2)16-8-6-7-9-18(16)21-5/h6-12,14,19H,1-5H3. The molecule has 0 aliphatic carbocycles. The summed E-state index contributed by atoms with van der Waals surface area (Å²) in [6, 6.07) is 14.7. The minimum Gasteiger partial charge on any atom is -0.496 e. The fraction of sp³-hybridized carbons (Fsp3) is 0.333. The van der Waals surface area contributed by atoms with Crippen LogP contribution in [0.3, 0.4) is 0 Å². The minimum absolute atomic E-state index is 0.180. The molecule has 0 radical (unpaired) electrons. The van der Waals surface area contributed by atoms with Gasteiger partial charge in [-0.3, -0.25) is 0 Å². The number of rotatable bonds is 5. The first-order valence-corrected chi connectivity index (χ1v) is 7.20. The third-order valence-electron chi connectivity index (χ3n) is 3.68. The molecule has 0 spiro atoms. The van der Waals surface area contributed by atoms with Gasteiger partial charge in [0.1, 0.15) is 5.75 Å². The van der Waals surface area contributed by atoms with Crippen LogP contribution in [0.1, 0.15) is 24.1 Å². The Hall–Kier alpha value is -2.16. The first kappa shape index (κ1) is 15.2. The van der Waals surface area contributed by atoms with Crippen molar-refractivity contribution in [3.63, 3.8) is 0 Å². The zero-order chi connectivity index (χ0) is 15.4. The summed E-state index contributed by atoms with van der Waals surface area (Å²) < 4.78 is 5.44. The molecule has 3 nitrogen and oxygen atoms in total. The third kappa shape index (κ3) is 3.48. The molecule has 0 aromatic heterocycles. The third-order valence-corrected chi connectivity index (χ3v) is 3.68. The van der Waals surface area contributed by atoms with E-state index in [1.54, 1.807) is 7.11 Å². The first-order valence-electron chi connectivity index (χ1n) is 7.20. The van der Waals surface area contributed by atoms with Gasteiger partial charge in [0.2, 0.25) is 0 Å². The maximum atomic E-state index is 5.44. The normalized spacial score (nSPS) is 11.9. The molecular weight excluding hydrogens is 260 g/mol. The van der Waals surface area contributed by atoms with E-state index in [0.29, 0.717) is 0 Å². The van der Waals surface area contributed by atoms with Crippen LogP contribution in [-0.2, 0) is 0 Å². The summed E-state index contributed by atoms with van der Waals surface area (Å²) >= 11 is 0. The highest BCUT2D eigenvalue weighted by Gasteiger charge is 2.11. The van der Waals surface area contributed by atoms with Crippen molar-refractivity contribution in [3.8, 4) is 5.75 Å². The van der Waals surface area contributed by atoms with Crippen LogP contribution in [0, 0.1) is 6.92 Å². The van der Waals surface area contributed by atoms with E-state index in [0.717, 1.165) is 17.0 Å². The fourth-order valence-electron chi connectivity index (χ4n) is 2.53. The maximum absolute atomic E-state index is 5.44. The quantitative estimate of drug-likeness (QED) is 0.888. The Bertz CT molecular complexity index is 608. The van der Waals surface area contributed by atoms with Crippen molar-refractivity contribution in [3.05, 3.63) is 53.6 Å². The van der Waals surface area contributed by atoms with Gasteiger partial charge in [0.05, 0.1) is 13.2 Å². The lowest BCUT2D eigenvalue weighted by atomic mass is 10.1. The number of hydrogen-bond donors (Lipinski definition) is 1. The highest BCUT2D eigenvalue weighted by molar-refractivity contribution is 5.62. The lowest BCUT2D eigenvalue weighted by molar-refractivity contribution is 0.408. The van der Waals surface area contributed by atoms with E-state index in [-0.39, 0.29) is 6.04 Å². The van der Waals surface area contributed by atoms with E-state index in [9.17, 15) is 0 Å². The number of methoxy groups -OCH3 is 1. The SMILES string of the molecule is COc1ccccc1C(C)Nc1ccc(C)c(N(C)C)c1. The van der Waals surface area contributed by atoms with Gasteiger partial charge < -0.3 is 15.0 Å². The van der Waals surface area contributed by atoms with Gasteiger partial charge >= 0.3 is 0 Å². The minimum atomic E-state index is 0.180. The zero-order valence-corrected chi connectivity index (χ0v) is 13.5. The molecule has 2 rings (SSSR count). The number of nitrogens with one attached hydrogen (secondary N) is 1. The van der Waals surface area contributed by atoms with Gasteiger partial charge in [-0.2, -0.15) is 0 Å². The molecule has 0 saturated heterocycles. The molecule has 21 heavy (non-hydrogen) atoms. The molecule has 112 valence electrons. The van der Waals surface area contributed by atoms with Gasteiger partial charge in [-0.1, -0.05) is 24.3 Å². The van der Waals surface area contributed by atoms with E-state index < -0.39 is 0 Å². The van der Waals surface area contributed by atoms with Crippen LogP contribution in [0.2, 0.25) is 0 Å². The van der Waals surface area contributed by atoms with Gasteiger partial charge in [0, 0.05) is 31.0 Å². The van der Waals surface area contributed by atoms with E-state index in [2.05, 4.69) is 62.4 Å². The predicted molar refractivity (Wildman–Crippen MR) is 90.5 cm³/mol. The highest BCUT2D eigenvalue weighted by atomic mass is 16.5. The summed E-state index contributed by atoms with van der Waals surface area (Å²) in [5.41, 5.74) is 4.78. The Labute approximate surface area is 127 Å². The van der Waals surface area contributed by atoms with Crippen molar-refractivity contribution in [2.24, 2.45) is 0 Å². The molecule has 2 aromatic carbocycles. The molecule has 0 fully saturated rings. The van der Waals surface area contributed by atoms with E-state index in [1.165, 1.54) is 11.3 Å². The van der Waals surface area contributed by atoms with Crippen molar-refractivity contribution in [2.75, 3.05) is 31.4 Å². The largest absolute Gasteiger partial charge is 0.496 e. The second-order valence-corrected chi connectivity index (χ2v) is 5.50. The Morgan fingerprint density at radius 3 is 2.48 bits per heavy atom. The van der Waals surface area contributed by atoms with Crippen LogP contribution < -0.4 is 15.0 Å². The van der Waals surface area contributed by atoms with Crippen LogP contribution in [0.4, 0.5) is 11.4 Å². The number of ether oxygens (including phenoxy) is 1. The highest BCUT2D eigenvalue weighted by Crippen LogP contribution is 2.29. The topological polar surface area (TPSA) is 24.5 Å². The average molecular weight is 284 g/mol. The molecule has 1 unspecified atom stereocenters. The molecule has 0 aliphatic rings. The van der Waals surface area contributed by atoms with Crippen molar-refractivity contribution in [1.82, 2.24) is 0 Å². The number of benzene rings is 2. The van der Waals surface area contributed by atoms with Crippen molar-refractivity contribution < 1.29 is 4.74 Å². The van der Waals surface area contributed by atoms with Crippen molar-refractivity contribution >= 4 is 11.4 Å². The number of anilines is 2. The van der Waals surface area contributed by atoms with Crippen LogP contribution in [0.25, 0.3) is 0 Å². The molecule has 0 aliphatic heterocycles. The van der Waals surface area contributed by atoms with Crippen LogP contribution in [0.15, 0.2) is 42.5 Å². The van der Waals surface area contributed by atoms with Crippen LogP contribution >= 0.6 is 0 Å². The smallest absolute Gasteiger partial charge is 0.124 e. The molecule has 0 amide bonds. The summed E-state index contributed by atoms with van der Waals surface area (Å²) in [4.78, 5) is 2.13. The summed E-state index contributed by atoms with van der Waals surface area (Å²) in [6.45, 7) is 4.27. The Balaban J connectivity index is 2.23. The van der Waals surface area contributed by atoms with E-state index in [4.69, 9.17) is 4.74 Å². The average Bonchev–Trinajstić information content (AvgIpc) is 2.48. The van der Waals surface area contributed by atoms with E-state index in [1.807, 2.05) is 18.2 Å². The molecule has 0 saturated carbocycles. The summed E-state index contributed by atoms with van der Waals surface area (Å²) in [5.74, 6) is 0.914. The molecule has 0 bridgehead atoms. The summed E-state index contributed by atoms with van der Waals surface area (Å²) in [6.07, 6.45) is 0. The molecule has 2 aromatic rings.